The zero-order chi connectivity index (χ0) is 15.3. The summed E-state index contributed by atoms with van der Waals surface area (Å²) in [5.41, 5.74) is -0.994. The van der Waals surface area contributed by atoms with Gasteiger partial charge in [0.25, 0.3) is 0 Å². The zero-order valence-corrected chi connectivity index (χ0v) is 11.2. The molecule has 7 heteroatoms. The highest BCUT2D eigenvalue weighted by atomic mass is 32.1. The van der Waals surface area contributed by atoms with Crippen LogP contribution in [0, 0.1) is 35.0 Å². The molecule has 0 atom stereocenters. The van der Waals surface area contributed by atoms with Crippen LogP contribution in [0.15, 0.2) is 12.1 Å². The lowest BCUT2D eigenvalue weighted by Crippen LogP contribution is -2.03. The average molecular weight is 318 g/mol. The molecule has 0 bridgehead atoms. The largest absolute Gasteiger partial charge is 0.293 e. The third-order valence-electron chi connectivity index (χ3n) is 3.25. The topological polar surface area (TPSA) is 17.1 Å². The molecule has 0 amide bonds. The van der Waals surface area contributed by atoms with Crippen molar-refractivity contribution in [1.29, 1.82) is 0 Å². The number of carbonyl (C=O) groups is 1. The number of thiophene rings is 1. The molecule has 1 nitrogen and oxygen atoms in total. The molecule has 3 rings (SSSR count). The lowest BCUT2D eigenvalue weighted by atomic mass is 10.1. The summed E-state index contributed by atoms with van der Waals surface area (Å²) in [4.78, 5) is 11.9. The minimum atomic E-state index is -2.19. The molecule has 0 aliphatic heterocycles. The van der Waals surface area contributed by atoms with Gasteiger partial charge in [0.15, 0.2) is 29.1 Å². The van der Waals surface area contributed by atoms with Gasteiger partial charge in [0, 0.05) is 10.8 Å². The van der Waals surface area contributed by atoms with Gasteiger partial charge in [0.2, 0.25) is 5.82 Å². The van der Waals surface area contributed by atoms with E-state index in [-0.39, 0.29) is 21.5 Å². The second-order valence-corrected chi connectivity index (χ2v) is 5.83. The predicted molar refractivity (Wildman–Crippen MR) is 66.6 cm³/mol. The molecule has 0 radical (unpaired) electrons. The number of hydrogen-bond acceptors (Lipinski definition) is 2. The average Bonchev–Trinajstić information content (AvgIpc) is 3.21. The minimum absolute atomic E-state index is 0.0899. The van der Waals surface area contributed by atoms with Crippen molar-refractivity contribution in [3.8, 4) is 10.4 Å². The molecule has 1 heterocycles. The lowest BCUT2D eigenvalue weighted by molar-refractivity contribution is 0.0971. The molecule has 1 aromatic carbocycles. The Kier molecular flexibility index (Phi) is 3.32. The standard InChI is InChI=1S/C14H7F5OS/c15-9-8(10(16)12(18)13(19)11(9)17)6-3-4-7(21-6)14(20)5-1-2-5/h3-5H,1-2H2. The van der Waals surface area contributed by atoms with Crippen molar-refractivity contribution in [1.82, 2.24) is 0 Å². The first-order valence-corrected chi connectivity index (χ1v) is 6.89. The fraction of sp³-hybridized carbons (Fsp3) is 0.214. The Balaban J connectivity index is 2.10. The highest BCUT2D eigenvalue weighted by molar-refractivity contribution is 7.17. The van der Waals surface area contributed by atoms with Crippen LogP contribution in [0.1, 0.15) is 22.5 Å². The lowest BCUT2D eigenvalue weighted by Gasteiger charge is -2.06. The first-order valence-electron chi connectivity index (χ1n) is 6.07. The molecular weight excluding hydrogens is 311 g/mol. The first-order chi connectivity index (χ1) is 9.91. The fourth-order valence-electron chi connectivity index (χ4n) is 1.97. The fourth-order valence-corrected chi connectivity index (χ4v) is 3.03. The number of Topliss-reactive ketones (excluding diaryl/α,β-unsaturated/α-hetero) is 1. The van der Waals surface area contributed by atoms with Crippen LogP contribution in [-0.2, 0) is 0 Å². The molecule has 0 spiro atoms. The molecule has 1 aliphatic carbocycles. The Morgan fingerprint density at radius 2 is 1.43 bits per heavy atom. The third kappa shape index (κ3) is 2.25. The summed E-state index contributed by atoms with van der Waals surface area (Å²) < 4.78 is 66.7. The smallest absolute Gasteiger partial charge is 0.200 e. The van der Waals surface area contributed by atoms with Crippen molar-refractivity contribution in [3.63, 3.8) is 0 Å². The monoisotopic (exact) mass is 318 g/mol. The predicted octanol–water partition coefficient (Wildman–Crippen LogP) is 4.70. The quantitative estimate of drug-likeness (QED) is 0.347. The number of halogens is 5. The van der Waals surface area contributed by atoms with E-state index >= 15 is 0 Å². The SMILES string of the molecule is O=C(c1ccc(-c2c(F)c(F)c(F)c(F)c2F)s1)C1CC1. The Morgan fingerprint density at radius 1 is 0.905 bits per heavy atom. The summed E-state index contributed by atoms with van der Waals surface area (Å²) in [5, 5.41) is 0. The summed E-state index contributed by atoms with van der Waals surface area (Å²) in [7, 11) is 0. The van der Waals surface area contributed by atoms with Crippen molar-refractivity contribution in [2.24, 2.45) is 5.92 Å². The van der Waals surface area contributed by atoms with E-state index in [9.17, 15) is 26.7 Å². The van der Waals surface area contributed by atoms with Crippen LogP contribution in [0.2, 0.25) is 0 Å². The zero-order valence-electron chi connectivity index (χ0n) is 10.4. The Labute approximate surface area is 120 Å². The molecule has 21 heavy (non-hydrogen) atoms. The normalized spacial score (nSPS) is 14.5. The molecule has 0 saturated heterocycles. The van der Waals surface area contributed by atoms with E-state index in [1.54, 1.807) is 0 Å². The maximum atomic E-state index is 13.7. The summed E-state index contributed by atoms with van der Waals surface area (Å²) in [6.07, 6.45) is 1.52. The third-order valence-corrected chi connectivity index (χ3v) is 4.37. The van der Waals surface area contributed by atoms with Crippen LogP contribution in [0.25, 0.3) is 10.4 Å². The van der Waals surface area contributed by atoms with E-state index in [1.807, 2.05) is 0 Å². The van der Waals surface area contributed by atoms with Crippen molar-refractivity contribution in [2.45, 2.75) is 12.8 Å². The van der Waals surface area contributed by atoms with Crippen LogP contribution >= 0.6 is 11.3 Å². The van der Waals surface area contributed by atoms with Crippen LogP contribution < -0.4 is 0 Å². The van der Waals surface area contributed by atoms with Crippen LogP contribution in [0.5, 0.6) is 0 Å². The van der Waals surface area contributed by atoms with Crippen LogP contribution in [0.4, 0.5) is 22.0 Å². The molecule has 1 aromatic heterocycles. The van der Waals surface area contributed by atoms with E-state index in [4.69, 9.17) is 0 Å². The van der Waals surface area contributed by atoms with Crippen molar-refractivity contribution < 1.29 is 26.7 Å². The van der Waals surface area contributed by atoms with Gasteiger partial charge in [-0.2, -0.15) is 0 Å². The van der Waals surface area contributed by atoms with Gasteiger partial charge in [-0.1, -0.05) is 0 Å². The van der Waals surface area contributed by atoms with Crippen molar-refractivity contribution >= 4 is 17.1 Å². The minimum Gasteiger partial charge on any atom is -0.293 e. The van der Waals surface area contributed by atoms with Gasteiger partial charge < -0.3 is 0 Å². The second kappa shape index (κ2) is 4.91. The van der Waals surface area contributed by atoms with Crippen molar-refractivity contribution in [3.05, 3.63) is 46.1 Å². The molecule has 1 aliphatic rings. The van der Waals surface area contributed by atoms with Gasteiger partial charge in [0.1, 0.15) is 0 Å². The molecule has 2 aromatic rings. The van der Waals surface area contributed by atoms with Gasteiger partial charge in [0.05, 0.1) is 10.4 Å². The molecular formula is C14H7F5OS. The maximum absolute atomic E-state index is 13.7. The van der Waals surface area contributed by atoms with Gasteiger partial charge >= 0.3 is 0 Å². The van der Waals surface area contributed by atoms with Gasteiger partial charge in [-0.05, 0) is 25.0 Å². The first kappa shape index (κ1) is 14.2. The summed E-state index contributed by atoms with van der Waals surface area (Å²) in [6, 6.07) is 2.54. The van der Waals surface area contributed by atoms with Crippen LogP contribution in [0.3, 0.4) is 0 Å². The molecule has 1 fully saturated rings. The number of rotatable bonds is 3. The second-order valence-electron chi connectivity index (χ2n) is 4.75. The van der Waals surface area contributed by atoms with E-state index < -0.39 is 34.6 Å². The van der Waals surface area contributed by atoms with Gasteiger partial charge in [-0.3, -0.25) is 4.79 Å². The highest BCUT2D eigenvalue weighted by Gasteiger charge is 2.32. The maximum Gasteiger partial charge on any atom is 0.200 e. The summed E-state index contributed by atoms with van der Waals surface area (Å²) in [5.74, 6) is -10.2. The number of ketones is 1. The summed E-state index contributed by atoms with van der Waals surface area (Å²) in [6.45, 7) is 0. The van der Waals surface area contributed by atoms with E-state index in [0.717, 1.165) is 24.2 Å². The van der Waals surface area contributed by atoms with E-state index in [1.165, 1.54) is 12.1 Å². The number of benzene rings is 1. The van der Waals surface area contributed by atoms with E-state index in [2.05, 4.69) is 0 Å². The Hall–Kier alpha value is -1.76. The highest BCUT2D eigenvalue weighted by Crippen LogP contribution is 2.39. The Bertz CT molecular complexity index is 719. The molecule has 0 unspecified atom stereocenters. The summed E-state index contributed by atoms with van der Waals surface area (Å²) >= 11 is 0.729. The van der Waals surface area contributed by atoms with Gasteiger partial charge in [-0.15, -0.1) is 11.3 Å². The Morgan fingerprint density at radius 3 is 1.95 bits per heavy atom. The molecule has 110 valence electrons. The molecule has 0 N–H and O–H groups in total. The number of carbonyl (C=O) groups excluding carboxylic acids is 1. The van der Waals surface area contributed by atoms with Gasteiger partial charge in [-0.25, -0.2) is 22.0 Å². The van der Waals surface area contributed by atoms with E-state index in [0.29, 0.717) is 0 Å². The number of hydrogen-bond donors (Lipinski definition) is 0. The van der Waals surface area contributed by atoms with Crippen LogP contribution in [-0.4, -0.2) is 5.78 Å². The van der Waals surface area contributed by atoms with Crippen molar-refractivity contribution in [2.75, 3.05) is 0 Å². The molecule has 1 saturated carbocycles.